The number of hydrogen-bond acceptors (Lipinski definition) is 8. The van der Waals surface area contributed by atoms with E-state index in [1.54, 1.807) is 17.3 Å². The third kappa shape index (κ3) is 4.78. The van der Waals surface area contributed by atoms with Crippen LogP contribution in [0, 0.1) is 5.41 Å². The SMILES string of the molecule is C=C(CCF)C(=O)N(CC12CCC(c3nc(C(C)(C)C)no3)(CC1)C2)c1cncc(-c2nc(C3CC3)no2)c1. The van der Waals surface area contributed by atoms with Gasteiger partial charge in [0.05, 0.1) is 29.5 Å². The number of fused-ring (bicyclic) bond motifs is 2. The summed E-state index contributed by atoms with van der Waals surface area (Å²) in [6.45, 7) is 9.95. The molecule has 0 atom stereocenters. The molecule has 10 heteroatoms. The summed E-state index contributed by atoms with van der Waals surface area (Å²) in [5.41, 5.74) is 0.998. The molecular formula is C29H35FN6O3. The van der Waals surface area contributed by atoms with Crippen molar-refractivity contribution in [2.24, 2.45) is 5.41 Å². The van der Waals surface area contributed by atoms with Crippen molar-refractivity contribution in [3.63, 3.8) is 0 Å². The van der Waals surface area contributed by atoms with Crippen molar-refractivity contribution >= 4 is 11.6 Å². The molecule has 0 aromatic carbocycles. The third-order valence-corrected chi connectivity index (χ3v) is 8.64. The lowest BCUT2D eigenvalue weighted by atomic mass is 9.81. The second-order valence-electron chi connectivity index (χ2n) is 12.7. The van der Waals surface area contributed by atoms with Crippen molar-refractivity contribution in [3.8, 4) is 11.5 Å². The molecule has 3 saturated carbocycles. The van der Waals surface area contributed by atoms with E-state index in [-0.39, 0.29) is 34.1 Å². The average molecular weight is 535 g/mol. The Labute approximate surface area is 227 Å². The minimum absolute atomic E-state index is 0.00857. The van der Waals surface area contributed by atoms with E-state index < -0.39 is 6.67 Å². The highest BCUT2D eigenvalue weighted by Crippen LogP contribution is 2.62. The predicted molar refractivity (Wildman–Crippen MR) is 142 cm³/mol. The van der Waals surface area contributed by atoms with Gasteiger partial charge in [-0.1, -0.05) is 37.7 Å². The fraction of sp³-hybridized carbons (Fsp3) is 0.586. The van der Waals surface area contributed by atoms with Gasteiger partial charge in [-0.15, -0.1) is 0 Å². The van der Waals surface area contributed by atoms with Crippen molar-refractivity contribution in [1.29, 1.82) is 0 Å². The molecule has 3 fully saturated rings. The van der Waals surface area contributed by atoms with E-state index in [9.17, 15) is 9.18 Å². The Hall–Kier alpha value is -3.43. The van der Waals surface area contributed by atoms with Crippen molar-refractivity contribution in [1.82, 2.24) is 25.3 Å². The minimum atomic E-state index is -0.635. The summed E-state index contributed by atoms with van der Waals surface area (Å²) in [7, 11) is 0. The number of alkyl halides is 1. The summed E-state index contributed by atoms with van der Waals surface area (Å²) in [4.78, 5) is 29.1. The van der Waals surface area contributed by atoms with E-state index in [1.807, 2.05) is 6.07 Å². The largest absolute Gasteiger partial charge is 0.339 e. The molecule has 2 bridgehead atoms. The minimum Gasteiger partial charge on any atom is -0.339 e. The summed E-state index contributed by atoms with van der Waals surface area (Å²) in [6, 6.07) is 1.85. The molecule has 0 aliphatic heterocycles. The molecule has 0 spiro atoms. The molecule has 9 nitrogen and oxygen atoms in total. The quantitative estimate of drug-likeness (QED) is 0.315. The number of nitrogens with zero attached hydrogens (tertiary/aromatic N) is 6. The second-order valence-corrected chi connectivity index (χ2v) is 12.7. The summed E-state index contributed by atoms with van der Waals surface area (Å²) in [5, 5.41) is 8.39. The summed E-state index contributed by atoms with van der Waals surface area (Å²) in [6.07, 6.45) is 10.0. The average Bonchev–Trinajstić information content (AvgIpc) is 3.31. The molecule has 3 aromatic heterocycles. The van der Waals surface area contributed by atoms with Gasteiger partial charge < -0.3 is 13.9 Å². The van der Waals surface area contributed by atoms with Gasteiger partial charge in [-0.2, -0.15) is 9.97 Å². The number of amides is 1. The molecule has 1 amide bonds. The Morgan fingerprint density at radius 2 is 1.90 bits per heavy atom. The van der Waals surface area contributed by atoms with Crippen LogP contribution >= 0.6 is 0 Å². The van der Waals surface area contributed by atoms with Gasteiger partial charge in [0.25, 0.3) is 11.8 Å². The zero-order valence-electron chi connectivity index (χ0n) is 22.9. The van der Waals surface area contributed by atoms with Crippen molar-refractivity contribution in [3.05, 3.63) is 48.2 Å². The number of carbonyl (C=O) groups excluding carboxylic acids is 1. The predicted octanol–water partition coefficient (Wildman–Crippen LogP) is 5.84. The maximum atomic E-state index is 13.6. The Kier molecular flexibility index (Phi) is 6.19. The first-order chi connectivity index (χ1) is 18.6. The van der Waals surface area contributed by atoms with Gasteiger partial charge in [-0.05, 0) is 56.4 Å². The van der Waals surface area contributed by atoms with E-state index in [2.05, 4.69) is 47.6 Å². The normalized spacial score (nSPS) is 24.3. The summed E-state index contributed by atoms with van der Waals surface area (Å²) >= 11 is 0. The standard InChI is InChI=1S/C29H35FN6O3/c1-18(7-12-30)24(37)36(21-13-20(14-31-15-21)23-32-22(34-38-23)19-5-6-19)17-28-8-10-29(16-28,11-9-28)26-33-25(35-39-26)27(2,3)4/h13-15,19H,1,5-12,16-17H2,2-4H3. The van der Waals surface area contributed by atoms with Gasteiger partial charge in [-0.25, -0.2) is 0 Å². The van der Waals surface area contributed by atoms with Crippen LogP contribution in [0.2, 0.25) is 0 Å². The third-order valence-electron chi connectivity index (χ3n) is 8.64. The number of hydrogen-bond donors (Lipinski definition) is 0. The summed E-state index contributed by atoms with van der Waals surface area (Å²) < 4.78 is 24.5. The molecule has 3 aromatic rings. The highest BCUT2D eigenvalue weighted by Gasteiger charge is 2.58. The van der Waals surface area contributed by atoms with Crippen molar-refractivity contribution < 1.29 is 18.2 Å². The van der Waals surface area contributed by atoms with Crippen LogP contribution in [-0.2, 0) is 15.6 Å². The molecule has 39 heavy (non-hydrogen) atoms. The van der Waals surface area contributed by atoms with Gasteiger partial charge in [-0.3, -0.25) is 14.2 Å². The van der Waals surface area contributed by atoms with Gasteiger partial charge >= 0.3 is 0 Å². The molecule has 206 valence electrons. The van der Waals surface area contributed by atoms with Crippen LogP contribution in [0.5, 0.6) is 0 Å². The summed E-state index contributed by atoms with van der Waals surface area (Å²) in [5.74, 6) is 2.58. The van der Waals surface area contributed by atoms with E-state index in [1.165, 1.54) is 0 Å². The number of aromatic nitrogens is 5. The lowest BCUT2D eigenvalue weighted by Crippen LogP contribution is -2.40. The van der Waals surface area contributed by atoms with Crippen molar-refractivity contribution in [2.45, 2.75) is 88.9 Å². The van der Waals surface area contributed by atoms with Crippen LogP contribution in [0.25, 0.3) is 11.5 Å². The van der Waals surface area contributed by atoms with E-state index in [0.717, 1.165) is 44.9 Å². The maximum Gasteiger partial charge on any atom is 0.259 e. The highest BCUT2D eigenvalue weighted by molar-refractivity contribution is 6.05. The Balaban J connectivity index is 1.28. The molecule has 3 heterocycles. The maximum absolute atomic E-state index is 13.6. The lowest BCUT2D eigenvalue weighted by molar-refractivity contribution is -0.115. The molecule has 3 aliphatic rings. The Bertz CT molecular complexity index is 1390. The van der Waals surface area contributed by atoms with Gasteiger partial charge in [0.1, 0.15) is 0 Å². The zero-order chi connectivity index (χ0) is 27.4. The van der Waals surface area contributed by atoms with Crippen LogP contribution in [-0.4, -0.2) is 44.4 Å². The number of halogens is 1. The Morgan fingerprint density at radius 1 is 1.13 bits per heavy atom. The number of pyridine rings is 1. The molecule has 0 radical (unpaired) electrons. The second kappa shape index (κ2) is 9.34. The monoisotopic (exact) mass is 534 g/mol. The first kappa shape index (κ1) is 25.8. The zero-order valence-corrected chi connectivity index (χ0v) is 22.9. The first-order valence-electron chi connectivity index (χ1n) is 13.8. The Morgan fingerprint density at radius 3 is 2.56 bits per heavy atom. The van der Waals surface area contributed by atoms with E-state index in [0.29, 0.717) is 47.1 Å². The highest BCUT2D eigenvalue weighted by atomic mass is 19.1. The molecule has 3 aliphatic carbocycles. The first-order valence-corrected chi connectivity index (χ1v) is 13.8. The molecule has 0 unspecified atom stereocenters. The smallest absolute Gasteiger partial charge is 0.259 e. The van der Waals surface area contributed by atoms with Gasteiger partial charge in [0.15, 0.2) is 11.6 Å². The number of carbonyl (C=O) groups is 1. The lowest BCUT2D eigenvalue weighted by Gasteiger charge is -2.34. The van der Waals surface area contributed by atoms with Crippen LogP contribution in [0.4, 0.5) is 10.1 Å². The van der Waals surface area contributed by atoms with Gasteiger partial charge in [0, 0.05) is 36.1 Å². The fourth-order valence-corrected chi connectivity index (χ4v) is 6.16. The van der Waals surface area contributed by atoms with Crippen LogP contribution < -0.4 is 4.90 Å². The van der Waals surface area contributed by atoms with Crippen LogP contribution in [0.3, 0.4) is 0 Å². The van der Waals surface area contributed by atoms with Gasteiger partial charge in [0.2, 0.25) is 5.89 Å². The van der Waals surface area contributed by atoms with Crippen molar-refractivity contribution in [2.75, 3.05) is 18.1 Å². The van der Waals surface area contributed by atoms with Crippen LogP contribution in [0.1, 0.15) is 95.6 Å². The fourth-order valence-electron chi connectivity index (χ4n) is 6.16. The molecular weight excluding hydrogens is 499 g/mol. The number of rotatable bonds is 9. The molecule has 6 rings (SSSR count). The van der Waals surface area contributed by atoms with Crippen LogP contribution in [0.15, 0.2) is 39.7 Å². The number of anilines is 1. The molecule has 0 saturated heterocycles. The topological polar surface area (TPSA) is 111 Å². The van der Waals surface area contributed by atoms with E-state index >= 15 is 0 Å². The molecule has 0 N–H and O–H groups in total. The van der Waals surface area contributed by atoms with E-state index in [4.69, 9.17) is 14.0 Å².